The summed E-state index contributed by atoms with van der Waals surface area (Å²) in [6.45, 7) is 0. The van der Waals surface area contributed by atoms with Crippen LogP contribution in [0.5, 0.6) is 11.5 Å². The Bertz CT molecular complexity index is 736. The first kappa shape index (κ1) is 17.0. The predicted octanol–water partition coefficient (Wildman–Crippen LogP) is 4.31. The van der Waals surface area contributed by atoms with Crippen molar-refractivity contribution in [2.24, 2.45) is 11.8 Å². The first-order valence-corrected chi connectivity index (χ1v) is 8.49. The summed E-state index contributed by atoms with van der Waals surface area (Å²) in [5, 5.41) is 12.0. The number of carbonyl (C=O) groups excluding carboxylic acids is 1. The summed E-state index contributed by atoms with van der Waals surface area (Å²) in [6.07, 6.45) is 2.31. The molecule has 25 heavy (non-hydrogen) atoms. The molecule has 1 aliphatic carbocycles. The van der Waals surface area contributed by atoms with Crippen molar-refractivity contribution in [3.63, 3.8) is 0 Å². The van der Waals surface area contributed by atoms with Gasteiger partial charge in [0, 0.05) is 5.92 Å². The summed E-state index contributed by atoms with van der Waals surface area (Å²) >= 11 is 0. The van der Waals surface area contributed by atoms with Crippen LogP contribution in [0.2, 0.25) is 0 Å². The molecule has 2 aromatic rings. The first-order valence-electron chi connectivity index (χ1n) is 8.49. The Morgan fingerprint density at radius 3 is 2.16 bits per heavy atom. The molecule has 0 radical (unpaired) electrons. The fraction of sp³-hybridized carbons (Fsp3) is 0.300. The van der Waals surface area contributed by atoms with Gasteiger partial charge in [-0.2, -0.15) is 0 Å². The standard InChI is InChI=1S/C20H21NO4/c22-19(14-10-12-15(13-11-14)20(23)24)21-17-8-4-5-9-18(17)25-16-6-2-1-3-7-16/h1-9,14-15H,10-13H2,(H,21,22)(H,23,24). The molecular weight excluding hydrogens is 318 g/mol. The summed E-state index contributed by atoms with van der Waals surface area (Å²) < 4.78 is 5.85. The second-order valence-corrected chi connectivity index (χ2v) is 6.29. The van der Waals surface area contributed by atoms with E-state index in [9.17, 15) is 9.59 Å². The SMILES string of the molecule is O=C(O)C1CCC(C(=O)Nc2ccccc2Oc2ccccc2)CC1. The zero-order valence-electron chi connectivity index (χ0n) is 13.9. The zero-order valence-corrected chi connectivity index (χ0v) is 13.9. The minimum absolute atomic E-state index is 0.0760. The van der Waals surface area contributed by atoms with Gasteiger partial charge in [0.2, 0.25) is 5.91 Å². The minimum Gasteiger partial charge on any atom is -0.481 e. The van der Waals surface area contributed by atoms with Crippen LogP contribution in [-0.4, -0.2) is 17.0 Å². The smallest absolute Gasteiger partial charge is 0.306 e. The van der Waals surface area contributed by atoms with Gasteiger partial charge in [0.25, 0.3) is 0 Å². The van der Waals surface area contributed by atoms with Crippen molar-refractivity contribution in [1.29, 1.82) is 0 Å². The Morgan fingerprint density at radius 1 is 0.880 bits per heavy atom. The van der Waals surface area contributed by atoms with E-state index in [1.165, 1.54) is 0 Å². The van der Waals surface area contributed by atoms with Gasteiger partial charge in [-0.15, -0.1) is 0 Å². The average Bonchev–Trinajstić information content (AvgIpc) is 2.64. The van der Waals surface area contributed by atoms with E-state index in [1.54, 1.807) is 6.07 Å². The maximum atomic E-state index is 12.5. The summed E-state index contributed by atoms with van der Waals surface area (Å²) in [5.41, 5.74) is 0.622. The molecule has 130 valence electrons. The highest BCUT2D eigenvalue weighted by Gasteiger charge is 2.30. The summed E-state index contributed by atoms with van der Waals surface area (Å²) in [6, 6.07) is 16.7. The van der Waals surface area contributed by atoms with Gasteiger partial charge in [-0.1, -0.05) is 30.3 Å². The Labute approximate surface area is 146 Å². The minimum atomic E-state index is -0.763. The van der Waals surface area contributed by atoms with Crippen molar-refractivity contribution in [2.75, 3.05) is 5.32 Å². The highest BCUT2D eigenvalue weighted by Crippen LogP contribution is 2.32. The third-order valence-electron chi connectivity index (χ3n) is 4.56. The number of nitrogens with one attached hydrogen (secondary N) is 1. The molecular formula is C20H21NO4. The van der Waals surface area contributed by atoms with Crippen molar-refractivity contribution in [3.05, 3.63) is 54.6 Å². The Kier molecular flexibility index (Phi) is 5.33. The quantitative estimate of drug-likeness (QED) is 0.851. The summed E-state index contributed by atoms with van der Waals surface area (Å²) in [4.78, 5) is 23.6. The van der Waals surface area contributed by atoms with Gasteiger partial charge in [-0.3, -0.25) is 9.59 Å². The molecule has 0 heterocycles. The van der Waals surface area contributed by atoms with E-state index in [0.29, 0.717) is 42.9 Å². The molecule has 1 fully saturated rings. The fourth-order valence-corrected chi connectivity index (χ4v) is 3.11. The lowest BCUT2D eigenvalue weighted by Gasteiger charge is -2.25. The summed E-state index contributed by atoms with van der Waals surface area (Å²) in [7, 11) is 0. The molecule has 0 unspecified atom stereocenters. The molecule has 5 heteroatoms. The third-order valence-corrected chi connectivity index (χ3v) is 4.56. The van der Waals surface area contributed by atoms with Crippen LogP contribution in [0.4, 0.5) is 5.69 Å². The van der Waals surface area contributed by atoms with Gasteiger partial charge in [0.1, 0.15) is 5.75 Å². The first-order chi connectivity index (χ1) is 12.1. The molecule has 1 amide bonds. The van der Waals surface area contributed by atoms with Crippen LogP contribution < -0.4 is 10.1 Å². The van der Waals surface area contributed by atoms with E-state index in [4.69, 9.17) is 9.84 Å². The number of hydrogen-bond acceptors (Lipinski definition) is 3. The van der Waals surface area contributed by atoms with Gasteiger partial charge in [0.05, 0.1) is 11.6 Å². The van der Waals surface area contributed by atoms with Gasteiger partial charge in [-0.25, -0.2) is 0 Å². The molecule has 0 aromatic heterocycles. The molecule has 2 aromatic carbocycles. The Balaban J connectivity index is 1.65. The molecule has 0 saturated heterocycles. The fourth-order valence-electron chi connectivity index (χ4n) is 3.11. The lowest BCUT2D eigenvalue weighted by Crippen LogP contribution is -2.29. The number of aliphatic carboxylic acids is 1. The lowest BCUT2D eigenvalue weighted by molar-refractivity contribution is -0.143. The monoisotopic (exact) mass is 339 g/mol. The Hall–Kier alpha value is -2.82. The van der Waals surface area contributed by atoms with Crippen LogP contribution in [0.25, 0.3) is 0 Å². The number of hydrogen-bond donors (Lipinski definition) is 2. The molecule has 3 rings (SSSR count). The topological polar surface area (TPSA) is 75.6 Å². The van der Waals surface area contributed by atoms with Gasteiger partial charge >= 0.3 is 5.97 Å². The van der Waals surface area contributed by atoms with Crippen LogP contribution in [0.15, 0.2) is 54.6 Å². The van der Waals surface area contributed by atoms with E-state index in [-0.39, 0.29) is 17.7 Å². The molecule has 2 N–H and O–H groups in total. The highest BCUT2D eigenvalue weighted by molar-refractivity contribution is 5.94. The molecule has 0 bridgehead atoms. The molecule has 0 aliphatic heterocycles. The highest BCUT2D eigenvalue weighted by atomic mass is 16.5. The van der Waals surface area contributed by atoms with Gasteiger partial charge < -0.3 is 15.2 Å². The molecule has 1 aliphatic rings. The van der Waals surface area contributed by atoms with Crippen LogP contribution in [-0.2, 0) is 9.59 Å². The van der Waals surface area contributed by atoms with E-state index in [0.717, 1.165) is 0 Å². The normalized spacial score (nSPS) is 19.8. The molecule has 1 saturated carbocycles. The van der Waals surface area contributed by atoms with E-state index < -0.39 is 5.97 Å². The number of benzene rings is 2. The zero-order chi connectivity index (χ0) is 17.6. The molecule has 0 atom stereocenters. The lowest BCUT2D eigenvalue weighted by atomic mass is 9.81. The number of carboxylic acids is 1. The van der Waals surface area contributed by atoms with Crippen molar-refractivity contribution >= 4 is 17.6 Å². The van der Waals surface area contributed by atoms with Crippen molar-refractivity contribution in [1.82, 2.24) is 0 Å². The summed E-state index contributed by atoms with van der Waals surface area (Å²) in [5.74, 6) is -0.0287. The van der Waals surface area contributed by atoms with Crippen molar-refractivity contribution < 1.29 is 19.4 Å². The van der Waals surface area contributed by atoms with Gasteiger partial charge in [-0.05, 0) is 49.9 Å². The number of carbonyl (C=O) groups is 2. The number of carboxylic acid groups (broad SMARTS) is 1. The number of ether oxygens (including phenoxy) is 1. The molecule has 5 nitrogen and oxygen atoms in total. The van der Waals surface area contributed by atoms with E-state index >= 15 is 0 Å². The number of para-hydroxylation sites is 3. The maximum absolute atomic E-state index is 12.5. The number of anilines is 1. The molecule has 0 spiro atoms. The van der Waals surface area contributed by atoms with Crippen LogP contribution in [0, 0.1) is 11.8 Å². The van der Waals surface area contributed by atoms with E-state index in [2.05, 4.69) is 5.32 Å². The Morgan fingerprint density at radius 2 is 1.48 bits per heavy atom. The average molecular weight is 339 g/mol. The predicted molar refractivity (Wildman–Crippen MR) is 94.7 cm³/mol. The number of amides is 1. The van der Waals surface area contributed by atoms with Crippen molar-refractivity contribution in [2.45, 2.75) is 25.7 Å². The second kappa shape index (κ2) is 7.83. The largest absolute Gasteiger partial charge is 0.481 e. The second-order valence-electron chi connectivity index (χ2n) is 6.29. The third kappa shape index (κ3) is 4.38. The van der Waals surface area contributed by atoms with Crippen LogP contribution in [0.3, 0.4) is 0 Å². The van der Waals surface area contributed by atoms with E-state index in [1.807, 2.05) is 48.5 Å². The van der Waals surface area contributed by atoms with Crippen molar-refractivity contribution in [3.8, 4) is 11.5 Å². The maximum Gasteiger partial charge on any atom is 0.306 e. The van der Waals surface area contributed by atoms with Crippen LogP contribution >= 0.6 is 0 Å². The van der Waals surface area contributed by atoms with Crippen LogP contribution in [0.1, 0.15) is 25.7 Å². The van der Waals surface area contributed by atoms with Gasteiger partial charge in [0.15, 0.2) is 5.75 Å². The number of rotatable bonds is 5.